The molecule has 0 bridgehead atoms. The summed E-state index contributed by atoms with van der Waals surface area (Å²) in [5, 5.41) is 19.0. The standard InChI is InChI=1S/C49H29N5/c50-29-31-19-23-33(24-20-31)46-52-47(34-25-21-32(30-51)22-26-34)54-48(53-46)35-27-41-38-15-7-8-16-39(38)44-40-17-9-10-18-42(40)49(43(28-35)45(41)44,36-11-3-1-4-12-36)37-13-5-2-6-14-37/h1-28,44H. The fourth-order valence-electron chi connectivity index (χ4n) is 8.65. The molecule has 2 aliphatic carbocycles. The first kappa shape index (κ1) is 31.3. The van der Waals surface area contributed by atoms with E-state index in [-0.39, 0.29) is 5.92 Å². The Morgan fingerprint density at radius 1 is 0.426 bits per heavy atom. The lowest BCUT2D eigenvalue weighted by Gasteiger charge is -2.44. The van der Waals surface area contributed by atoms with Crippen LogP contribution in [-0.4, -0.2) is 15.0 Å². The largest absolute Gasteiger partial charge is 0.208 e. The maximum atomic E-state index is 9.50. The highest BCUT2D eigenvalue weighted by Crippen LogP contribution is 2.61. The van der Waals surface area contributed by atoms with E-state index < -0.39 is 5.41 Å². The van der Waals surface area contributed by atoms with E-state index in [0.717, 1.165) is 16.7 Å². The average molecular weight is 688 g/mol. The van der Waals surface area contributed by atoms with Gasteiger partial charge in [-0.15, -0.1) is 0 Å². The first-order valence-corrected chi connectivity index (χ1v) is 17.9. The smallest absolute Gasteiger partial charge is 0.164 e. The van der Waals surface area contributed by atoms with Crippen LogP contribution >= 0.6 is 0 Å². The Balaban J connectivity index is 1.31. The Kier molecular flexibility index (Phi) is 7.15. The van der Waals surface area contributed by atoms with Crippen LogP contribution in [0.3, 0.4) is 0 Å². The molecular weight excluding hydrogens is 659 g/mol. The fraction of sp³-hybridized carbons (Fsp3) is 0.0408. The Hall–Kier alpha value is -7.47. The van der Waals surface area contributed by atoms with Crippen molar-refractivity contribution in [1.29, 1.82) is 10.5 Å². The minimum absolute atomic E-state index is 0.0683. The third-order valence-electron chi connectivity index (χ3n) is 11.0. The van der Waals surface area contributed by atoms with Crippen molar-refractivity contribution in [2.75, 3.05) is 0 Å². The van der Waals surface area contributed by atoms with Gasteiger partial charge in [0.2, 0.25) is 0 Å². The molecule has 250 valence electrons. The van der Waals surface area contributed by atoms with Gasteiger partial charge in [0, 0.05) is 22.6 Å². The summed E-state index contributed by atoms with van der Waals surface area (Å²) in [4.78, 5) is 15.3. The monoisotopic (exact) mass is 687 g/mol. The molecule has 10 rings (SSSR count). The topological polar surface area (TPSA) is 86.2 Å². The lowest BCUT2D eigenvalue weighted by atomic mass is 9.57. The molecule has 0 N–H and O–H groups in total. The number of rotatable bonds is 5. The summed E-state index contributed by atoms with van der Waals surface area (Å²) >= 11 is 0. The third-order valence-corrected chi connectivity index (χ3v) is 11.0. The second kappa shape index (κ2) is 12.3. The van der Waals surface area contributed by atoms with Crippen molar-refractivity contribution in [3.05, 3.63) is 220 Å². The summed E-state index contributed by atoms with van der Waals surface area (Å²) in [6, 6.07) is 63.0. The van der Waals surface area contributed by atoms with Crippen LogP contribution in [0.2, 0.25) is 0 Å². The van der Waals surface area contributed by atoms with Crippen LogP contribution in [0, 0.1) is 22.7 Å². The van der Waals surface area contributed by atoms with Crippen molar-refractivity contribution in [2.45, 2.75) is 11.3 Å². The van der Waals surface area contributed by atoms with E-state index in [0.29, 0.717) is 28.6 Å². The normalized spacial score (nSPS) is 14.2. The third kappa shape index (κ3) is 4.66. The molecule has 0 spiro atoms. The molecule has 0 saturated carbocycles. The van der Waals surface area contributed by atoms with Crippen LogP contribution < -0.4 is 0 Å². The highest BCUT2D eigenvalue weighted by molar-refractivity contribution is 5.89. The maximum Gasteiger partial charge on any atom is 0.164 e. The summed E-state index contributed by atoms with van der Waals surface area (Å²) in [6.07, 6.45) is 0. The minimum Gasteiger partial charge on any atom is -0.208 e. The molecule has 1 atom stereocenters. The van der Waals surface area contributed by atoms with Crippen LogP contribution in [0.5, 0.6) is 0 Å². The lowest BCUT2D eigenvalue weighted by molar-refractivity contribution is 0.687. The van der Waals surface area contributed by atoms with Crippen molar-refractivity contribution < 1.29 is 0 Å². The molecule has 8 aromatic rings. The molecule has 0 aliphatic heterocycles. The first-order chi connectivity index (χ1) is 26.7. The lowest BCUT2D eigenvalue weighted by Crippen LogP contribution is -2.37. The summed E-state index contributed by atoms with van der Waals surface area (Å²) in [5.74, 6) is 1.61. The van der Waals surface area contributed by atoms with Gasteiger partial charge in [0.05, 0.1) is 28.7 Å². The van der Waals surface area contributed by atoms with E-state index in [4.69, 9.17) is 15.0 Å². The van der Waals surface area contributed by atoms with Gasteiger partial charge in [-0.3, -0.25) is 0 Å². The van der Waals surface area contributed by atoms with Gasteiger partial charge < -0.3 is 0 Å². The molecule has 1 unspecified atom stereocenters. The Morgan fingerprint density at radius 2 is 0.907 bits per heavy atom. The number of fused-ring (bicyclic) bond motifs is 5. The predicted molar refractivity (Wildman–Crippen MR) is 210 cm³/mol. The number of benzene rings is 7. The number of nitrogens with zero attached hydrogens (tertiary/aromatic N) is 5. The Morgan fingerprint density at radius 3 is 1.46 bits per heavy atom. The van der Waals surface area contributed by atoms with Gasteiger partial charge >= 0.3 is 0 Å². The van der Waals surface area contributed by atoms with Crippen LogP contribution in [0.1, 0.15) is 56.0 Å². The minimum atomic E-state index is -0.642. The van der Waals surface area contributed by atoms with Crippen LogP contribution in [0.25, 0.3) is 45.3 Å². The van der Waals surface area contributed by atoms with Crippen molar-refractivity contribution >= 4 is 0 Å². The fourth-order valence-corrected chi connectivity index (χ4v) is 8.65. The van der Waals surface area contributed by atoms with Crippen LogP contribution in [0.15, 0.2) is 170 Å². The molecule has 2 aliphatic rings. The van der Waals surface area contributed by atoms with Gasteiger partial charge in [0.1, 0.15) is 0 Å². The zero-order valence-electron chi connectivity index (χ0n) is 29.0. The zero-order chi connectivity index (χ0) is 36.2. The number of hydrogen-bond donors (Lipinski definition) is 0. The highest BCUT2D eigenvalue weighted by atomic mass is 15.0. The molecule has 1 heterocycles. The number of aromatic nitrogens is 3. The molecule has 5 heteroatoms. The van der Waals surface area contributed by atoms with Crippen molar-refractivity contribution in [3.63, 3.8) is 0 Å². The van der Waals surface area contributed by atoms with Gasteiger partial charge in [-0.25, -0.2) is 15.0 Å². The average Bonchev–Trinajstić information content (AvgIpc) is 3.59. The van der Waals surface area contributed by atoms with Crippen molar-refractivity contribution in [3.8, 4) is 57.4 Å². The van der Waals surface area contributed by atoms with E-state index in [1.54, 1.807) is 24.3 Å². The molecule has 0 saturated heterocycles. The summed E-state index contributed by atoms with van der Waals surface area (Å²) < 4.78 is 0. The van der Waals surface area contributed by atoms with E-state index in [2.05, 4.69) is 133 Å². The molecule has 7 aromatic carbocycles. The summed E-state index contributed by atoms with van der Waals surface area (Å²) in [6.45, 7) is 0. The summed E-state index contributed by atoms with van der Waals surface area (Å²) in [5.41, 5.74) is 14.0. The number of nitriles is 2. The van der Waals surface area contributed by atoms with E-state index >= 15 is 0 Å². The Labute approximate surface area is 313 Å². The predicted octanol–water partition coefficient (Wildman–Crippen LogP) is 10.5. The van der Waals surface area contributed by atoms with E-state index in [9.17, 15) is 10.5 Å². The van der Waals surface area contributed by atoms with E-state index in [1.165, 1.54) is 50.1 Å². The second-order valence-corrected chi connectivity index (χ2v) is 13.8. The first-order valence-electron chi connectivity index (χ1n) is 17.9. The van der Waals surface area contributed by atoms with Gasteiger partial charge in [-0.1, -0.05) is 109 Å². The second-order valence-electron chi connectivity index (χ2n) is 13.8. The zero-order valence-corrected chi connectivity index (χ0v) is 29.0. The highest BCUT2D eigenvalue weighted by Gasteiger charge is 2.50. The molecule has 5 nitrogen and oxygen atoms in total. The van der Waals surface area contributed by atoms with Gasteiger partial charge in [-0.2, -0.15) is 10.5 Å². The molecule has 54 heavy (non-hydrogen) atoms. The Bertz CT molecular complexity index is 2720. The van der Waals surface area contributed by atoms with Crippen molar-refractivity contribution in [1.82, 2.24) is 15.0 Å². The van der Waals surface area contributed by atoms with E-state index in [1.807, 2.05) is 24.3 Å². The maximum absolute atomic E-state index is 9.50. The molecular formula is C49H29N5. The quantitative estimate of drug-likeness (QED) is 0.180. The molecule has 0 amide bonds. The number of hydrogen-bond acceptors (Lipinski definition) is 5. The van der Waals surface area contributed by atoms with Gasteiger partial charge in [0.25, 0.3) is 0 Å². The summed E-state index contributed by atoms with van der Waals surface area (Å²) in [7, 11) is 0. The molecule has 0 fully saturated rings. The van der Waals surface area contributed by atoms with Crippen molar-refractivity contribution in [2.24, 2.45) is 0 Å². The van der Waals surface area contributed by atoms with Gasteiger partial charge in [-0.05, 0) is 111 Å². The molecule has 1 aromatic heterocycles. The van der Waals surface area contributed by atoms with Crippen LogP contribution in [0.4, 0.5) is 0 Å². The molecule has 0 radical (unpaired) electrons. The van der Waals surface area contributed by atoms with Gasteiger partial charge in [0.15, 0.2) is 17.5 Å². The van der Waals surface area contributed by atoms with Crippen LogP contribution in [-0.2, 0) is 5.41 Å². The SMILES string of the molecule is N#Cc1ccc(-c2nc(-c3ccc(C#N)cc3)nc(-c3cc4c5c(c3)C(c3ccccc3)(c3ccccc3)c3ccccc3C5c3ccccc3-4)n2)cc1.